The number of hydrogen-bond donors (Lipinski definition) is 2. The van der Waals surface area contributed by atoms with E-state index < -0.39 is 0 Å². The lowest BCUT2D eigenvalue weighted by molar-refractivity contribution is 0.514. The number of fused-ring (bicyclic) bond motifs is 1. The minimum atomic E-state index is 0.0871. The summed E-state index contributed by atoms with van der Waals surface area (Å²) in [5, 5.41) is 21.3. The second-order valence-electron chi connectivity index (χ2n) is 7.27. The Morgan fingerprint density at radius 3 is 1.33 bits per heavy atom. The van der Waals surface area contributed by atoms with Crippen molar-refractivity contribution in [2.45, 2.75) is 13.8 Å². The van der Waals surface area contributed by atoms with Crippen LogP contribution in [0.15, 0.2) is 72.8 Å². The van der Waals surface area contributed by atoms with E-state index in [9.17, 15) is 10.2 Å². The van der Waals surface area contributed by atoms with Crippen LogP contribution in [0.25, 0.3) is 34.7 Å². The molecule has 1 heterocycles. The van der Waals surface area contributed by atoms with E-state index in [4.69, 9.17) is 0 Å². The minimum absolute atomic E-state index is 0.0871. The Bertz CT molecular complexity index is 1150. The Labute approximate surface area is 175 Å². The van der Waals surface area contributed by atoms with Crippen LogP contribution in [0.3, 0.4) is 0 Å². The van der Waals surface area contributed by atoms with Crippen LogP contribution in [0.4, 0.5) is 0 Å². The first-order valence-electron chi connectivity index (χ1n) is 9.72. The van der Waals surface area contributed by atoms with Crippen molar-refractivity contribution in [2.24, 2.45) is 0 Å². The highest BCUT2D eigenvalue weighted by Gasteiger charge is 2.10. The quantitative estimate of drug-likeness (QED) is 0.395. The molecule has 0 fully saturated rings. The second-order valence-corrected chi connectivity index (χ2v) is 7.27. The highest BCUT2D eigenvalue weighted by Crippen LogP contribution is 2.23. The van der Waals surface area contributed by atoms with Crippen molar-refractivity contribution in [1.82, 2.24) is 9.97 Å². The Kier molecular flexibility index (Phi) is 5.31. The normalized spacial score (nSPS) is 12.3. The summed E-state index contributed by atoms with van der Waals surface area (Å²) in [6.07, 6.45) is 3.16. The molecular formula is C26H22N2O2. The number of benzene rings is 3. The van der Waals surface area contributed by atoms with Crippen LogP contribution in [0, 0.1) is 13.8 Å². The standard InChI is InChI=1S/C26H22N2O2/c1-17-7-11-19(12-8-17)25(29)15-23-24(28-22-6-4-3-5-21(22)27-23)16-26(30)20-13-9-18(2)10-14-20/h3-16,29-30H,1-2H3. The number of aliphatic hydroxyl groups is 2. The highest BCUT2D eigenvalue weighted by atomic mass is 16.3. The summed E-state index contributed by atoms with van der Waals surface area (Å²) < 4.78 is 0. The zero-order chi connectivity index (χ0) is 21.1. The predicted octanol–water partition coefficient (Wildman–Crippen LogP) is 6.36. The molecule has 0 atom stereocenters. The van der Waals surface area contributed by atoms with Crippen molar-refractivity contribution in [2.75, 3.05) is 0 Å². The number of aryl methyl sites for hydroxylation is 2. The number of hydrogen-bond acceptors (Lipinski definition) is 4. The lowest BCUT2D eigenvalue weighted by atomic mass is 10.1. The first-order valence-corrected chi connectivity index (χ1v) is 9.72. The van der Waals surface area contributed by atoms with Gasteiger partial charge in [-0.15, -0.1) is 0 Å². The van der Waals surface area contributed by atoms with Gasteiger partial charge in [0.05, 0.1) is 22.4 Å². The summed E-state index contributed by atoms with van der Waals surface area (Å²) in [6, 6.07) is 22.7. The van der Waals surface area contributed by atoms with Gasteiger partial charge < -0.3 is 10.2 Å². The molecule has 0 aliphatic carbocycles. The van der Waals surface area contributed by atoms with Gasteiger partial charge in [-0.3, -0.25) is 0 Å². The summed E-state index contributed by atoms with van der Waals surface area (Å²) in [5.41, 5.74) is 5.99. The summed E-state index contributed by atoms with van der Waals surface area (Å²) >= 11 is 0. The van der Waals surface area contributed by atoms with Gasteiger partial charge in [0.25, 0.3) is 0 Å². The molecule has 2 N–H and O–H groups in total. The topological polar surface area (TPSA) is 66.2 Å². The highest BCUT2D eigenvalue weighted by molar-refractivity contribution is 5.86. The van der Waals surface area contributed by atoms with Gasteiger partial charge in [0.2, 0.25) is 0 Å². The van der Waals surface area contributed by atoms with Crippen molar-refractivity contribution >= 4 is 34.7 Å². The van der Waals surface area contributed by atoms with Crippen LogP contribution in [-0.4, -0.2) is 20.2 Å². The summed E-state index contributed by atoms with van der Waals surface area (Å²) in [5.74, 6) is 0.174. The second kappa shape index (κ2) is 8.21. The zero-order valence-corrected chi connectivity index (χ0v) is 16.9. The van der Waals surface area contributed by atoms with Gasteiger partial charge in [-0.1, -0.05) is 71.8 Å². The van der Waals surface area contributed by atoms with Gasteiger partial charge >= 0.3 is 0 Å². The summed E-state index contributed by atoms with van der Waals surface area (Å²) in [6.45, 7) is 3.99. The molecule has 4 heteroatoms. The maximum atomic E-state index is 10.7. The van der Waals surface area contributed by atoms with Gasteiger partial charge in [-0.25, -0.2) is 9.97 Å². The van der Waals surface area contributed by atoms with E-state index in [0.29, 0.717) is 33.5 Å². The van der Waals surface area contributed by atoms with Gasteiger partial charge in [-0.05, 0) is 26.0 Å². The van der Waals surface area contributed by atoms with Crippen LogP contribution in [0.5, 0.6) is 0 Å². The van der Waals surface area contributed by atoms with Gasteiger partial charge in [-0.2, -0.15) is 0 Å². The zero-order valence-electron chi connectivity index (χ0n) is 16.9. The van der Waals surface area contributed by atoms with Crippen molar-refractivity contribution < 1.29 is 10.2 Å². The first-order chi connectivity index (χ1) is 14.5. The molecule has 3 aromatic carbocycles. The molecule has 0 saturated heterocycles. The lowest BCUT2D eigenvalue weighted by Gasteiger charge is -2.07. The summed E-state index contributed by atoms with van der Waals surface area (Å²) in [4.78, 5) is 9.33. The van der Waals surface area contributed by atoms with Crippen molar-refractivity contribution in [3.05, 3.63) is 106 Å². The van der Waals surface area contributed by atoms with Crippen LogP contribution in [0.1, 0.15) is 33.6 Å². The SMILES string of the molecule is Cc1ccc(C(O)=Cc2nc3ccccc3nc2C=C(O)c2ccc(C)cc2)cc1. The Morgan fingerprint density at radius 1 is 0.600 bits per heavy atom. The minimum Gasteiger partial charge on any atom is -0.507 e. The molecule has 4 aromatic rings. The van der Waals surface area contributed by atoms with Gasteiger partial charge in [0.1, 0.15) is 11.5 Å². The van der Waals surface area contributed by atoms with E-state index in [-0.39, 0.29) is 11.5 Å². The van der Waals surface area contributed by atoms with E-state index in [2.05, 4.69) is 9.97 Å². The number of nitrogens with zero attached hydrogens (tertiary/aromatic N) is 2. The molecule has 0 amide bonds. The fraction of sp³-hybridized carbons (Fsp3) is 0.0769. The largest absolute Gasteiger partial charge is 0.507 e. The van der Waals surface area contributed by atoms with Crippen LogP contribution < -0.4 is 0 Å². The third-order valence-electron chi connectivity index (χ3n) is 4.87. The monoisotopic (exact) mass is 394 g/mol. The molecule has 0 bridgehead atoms. The van der Waals surface area contributed by atoms with E-state index in [1.54, 1.807) is 12.2 Å². The predicted molar refractivity (Wildman–Crippen MR) is 123 cm³/mol. The molecule has 0 aliphatic heterocycles. The molecule has 0 aliphatic rings. The smallest absolute Gasteiger partial charge is 0.125 e. The molecule has 148 valence electrons. The van der Waals surface area contributed by atoms with Crippen molar-refractivity contribution in [3.63, 3.8) is 0 Å². The molecule has 0 radical (unpaired) electrons. The third kappa shape index (κ3) is 4.23. The van der Waals surface area contributed by atoms with Crippen molar-refractivity contribution in [1.29, 1.82) is 0 Å². The molecule has 0 spiro atoms. The Hall–Kier alpha value is -3.92. The maximum absolute atomic E-state index is 10.7. The number of para-hydroxylation sites is 2. The molecule has 1 aromatic heterocycles. The summed E-state index contributed by atoms with van der Waals surface area (Å²) in [7, 11) is 0. The van der Waals surface area contributed by atoms with Crippen LogP contribution in [-0.2, 0) is 0 Å². The Balaban J connectivity index is 1.83. The number of aliphatic hydroxyl groups excluding tert-OH is 2. The average molecular weight is 394 g/mol. The lowest BCUT2D eigenvalue weighted by Crippen LogP contribution is -1.96. The van der Waals surface area contributed by atoms with Crippen LogP contribution in [0.2, 0.25) is 0 Å². The van der Waals surface area contributed by atoms with E-state index in [1.807, 2.05) is 86.6 Å². The average Bonchev–Trinajstić information content (AvgIpc) is 2.75. The molecule has 30 heavy (non-hydrogen) atoms. The van der Waals surface area contributed by atoms with E-state index in [0.717, 1.165) is 11.1 Å². The van der Waals surface area contributed by atoms with Gasteiger partial charge in [0.15, 0.2) is 0 Å². The van der Waals surface area contributed by atoms with Crippen molar-refractivity contribution in [3.8, 4) is 0 Å². The molecule has 0 saturated carbocycles. The molecule has 4 rings (SSSR count). The Morgan fingerprint density at radius 2 is 0.967 bits per heavy atom. The van der Waals surface area contributed by atoms with E-state index in [1.165, 1.54) is 0 Å². The third-order valence-corrected chi connectivity index (χ3v) is 4.87. The maximum Gasteiger partial charge on any atom is 0.125 e. The number of aromatic nitrogens is 2. The van der Waals surface area contributed by atoms with Gasteiger partial charge in [0, 0.05) is 23.3 Å². The fourth-order valence-corrected chi connectivity index (χ4v) is 3.11. The molecule has 0 unspecified atom stereocenters. The molecule has 4 nitrogen and oxygen atoms in total. The van der Waals surface area contributed by atoms with E-state index >= 15 is 0 Å². The molecular weight excluding hydrogens is 372 g/mol. The fourth-order valence-electron chi connectivity index (χ4n) is 3.11. The van der Waals surface area contributed by atoms with Crippen LogP contribution >= 0.6 is 0 Å². The number of rotatable bonds is 4. The first kappa shape index (κ1) is 19.4.